The molecule has 0 radical (unpaired) electrons. The van der Waals surface area contributed by atoms with Crippen molar-refractivity contribution in [2.24, 2.45) is 0 Å². The summed E-state index contributed by atoms with van der Waals surface area (Å²) in [5.41, 5.74) is 0.495. The number of rotatable bonds is 5. The topological polar surface area (TPSA) is 67.2 Å². The Balaban J connectivity index is 1.97. The van der Waals surface area contributed by atoms with Gasteiger partial charge in [0.2, 0.25) is 0 Å². The Morgan fingerprint density at radius 2 is 1.86 bits per heavy atom. The Bertz CT molecular complexity index is 764. The first-order chi connectivity index (χ1) is 10.0. The van der Waals surface area contributed by atoms with Crippen molar-refractivity contribution in [2.75, 3.05) is 12.4 Å². The molecule has 0 aliphatic rings. The lowest BCUT2D eigenvalue weighted by atomic mass is 10.2. The molecule has 0 heterocycles. The van der Waals surface area contributed by atoms with Crippen LogP contribution in [0.5, 0.6) is 5.75 Å². The molecule has 0 spiro atoms. The Morgan fingerprint density at radius 3 is 2.48 bits per heavy atom. The Kier molecular flexibility index (Phi) is 4.55. The lowest BCUT2D eigenvalue weighted by Crippen LogP contribution is -2.14. The number of nitrogens with zero attached hydrogens (tertiary/aromatic N) is 1. The first-order valence-electron chi connectivity index (χ1n) is 6.12. The van der Waals surface area contributed by atoms with Crippen LogP contribution in [0.3, 0.4) is 0 Å². The smallest absolute Gasteiger partial charge is 0.181 e. The number of ether oxygens (including phenoxy) is 1. The van der Waals surface area contributed by atoms with Gasteiger partial charge in [-0.15, -0.1) is 0 Å². The third-order valence-corrected chi connectivity index (χ3v) is 4.44. The van der Waals surface area contributed by atoms with Crippen LogP contribution in [0.25, 0.3) is 0 Å². The molecule has 108 valence electrons. The number of hydrogen-bond donors (Lipinski definition) is 0. The highest BCUT2D eigenvalue weighted by Gasteiger charge is 2.15. The van der Waals surface area contributed by atoms with Crippen LogP contribution in [-0.4, -0.2) is 20.8 Å². The highest BCUT2D eigenvalue weighted by atomic mass is 32.2. The van der Waals surface area contributed by atoms with E-state index in [1.165, 1.54) is 18.2 Å². The first-order valence-corrected chi connectivity index (χ1v) is 7.78. The van der Waals surface area contributed by atoms with Crippen molar-refractivity contribution in [2.45, 2.75) is 4.90 Å². The van der Waals surface area contributed by atoms with Crippen LogP contribution < -0.4 is 4.74 Å². The van der Waals surface area contributed by atoms with Gasteiger partial charge in [0.1, 0.15) is 18.2 Å². The maximum atomic E-state index is 13.0. The summed E-state index contributed by atoms with van der Waals surface area (Å²) in [4.78, 5) is -0.0640. The molecule has 0 aliphatic carbocycles. The molecule has 21 heavy (non-hydrogen) atoms. The van der Waals surface area contributed by atoms with Gasteiger partial charge in [0.05, 0.1) is 22.3 Å². The molecular weight excluding hydrogens is 293 g/mol. The van der Waals surface area contributed by atoms with Crippen molar-refractivity contribution in [1.29, 1.82) is 5.26 Å². The third kappa shape index (κ3) is 4.04. The zero-order valence-corrected chi connectivity index (χ0v) is 11.8. The molecule has 0 bridgehead atoms. The molecule has 0 atom stereocenters. The maximum Gasteiger partial charge on any atom is 0.181 e. The molecule has 0 aliphatic heterocycles. The monoisotopic (exact) mass is 305 g/mol. The van der Waals surface area contributed by atoms with Gasteiger partial charge < -0.3 is 4.74 Å². The van der Waals surface area contributed by atoms with Gasteiger partial charge in [-0.25, -0.2) is 12.8 Å². The normalized spacial score (nSPS) is 10.9. The zero-order chi connectivity index (χ0) is 15.3. The summed E-state index contributed by atoms with van der Waals surface area (Å²) in [6.07, 6.45) is 0. The predicted octanol–water partition coefficient (Wildman–Crippen LogP) is 2.55. The van der Waals surface area contributed by atoms with Gasteiger partial charge in [-0.3, -0.25) is 0 Å². The summed E-state index contributed by atoms with van der Waals surface area (Å²) in [5.74, 6) is -0.372. The second kappa shape index (κ2) is 6.37. The van der Waals surface area contributed by atoms with Crippen LogP contribution in [0.1, 0.15) is 5.56 Å². The largest absolute Gasteiger partial charge is 0.493 e. The fourth-order valence-electron chi connectivity index (χ4n) is 1.67. The van der Waals surface area contributed by atoms with Crippen molar-refractivity contribution in [3.05, 3.63) is 59.9 Å². The Hall–Kier alpha value is -2.39. The van der Waals surface area contributed by atoms with E-state index < -0.39 is 15.7 Å². The summed E-state index contributed by atoms with van der Waals surface area (Å²) in [7, 11) is -3.58. The van der Waals surface area contributed by atoms with Crippen LogP contribution in [-0.2, 0) is 9.84 Å². The fourth-order valence-corrected chi connectivity index (χ4v) is 2.79. The number of sulfone groups is 1. The van der Waals surface area contributed by atoms with Gasteiger partial charge >= 0.3 is 0 Å². The number of benzene rings is 2. The van der Waals surface area contributed by atoms with Crippen molar-refractivity contribution in [3.8, 4) is 11.8 Å². The summed E-state index contributed by atoms with van der Waals surface area (Å²) in [5, 5.41) is 8.66. The van der Waals surface area contributed by atoms with E-state index in [0.717, 1.165) is 6.07 Å². The van der Waals surface area contributed by atoms with Crippen LogP contribution in [0, 0.1) is 17.1 Å². The minimum absolute atomic E-state index is 0.0508. The molecule has 0 saturated heterocycles. The van der Waals surface area contributed by atoms with Gasteiger partial charge in [-0.1, -0.05) is 6.07 Å². The third-order valence-electron chi connectivity index (χ3n) is 2.76. The van der Waals surface area contributed by atoms with Gasteiger partial charge in [-0.05, 0) is 42.5 Å². The van der Waals surface area contributed by atoms with Gasteiger partial charge in [-0.2, -0.15) is 5.26 Å². The highest BCUT2D eigenvalue weighted by Crippen LogP contribution is 2.14. The van der Waals surface area contributed by atoms with E-state index in [1.807, 2.05) is 6.07 Å². The van der Waals surface area contributed by atoms with Crippen LogP contribution >= 0.6 is 0 Å². The molecular formula is C15H12FNO3S. The van der Waals surface area contributed by atoms with E-state index in [0.29, 0.717) is 11.3 Å². The van der Waals surface area contributed by atoms with E-state index >= 15 is 0 Å². The molecule has 2 rings (SSSR count). The van der Waals surface area contributed by atoms with Crippen LogP contribution in [0.15, 0.2) is 53.4 Å². The Labute approximate surface area is 122 Å². The molecule has 4 nitrogen and oxygen atoms in total. The van der Waals surface area contributed by atoms with E-state index in [2.05, 4.69) is 0 Å². The molecule has 2 aromatic rings. The second-order valence-electron chi connectivity index (χ2n) is 4.26. The summed E-state index contributed by atoms with van der Waals surface area (Å²) >= 11 is 0. The number of halogens is 1. The van der Waals surface area contributed by atoms with Crippen LogP contribution in [0.2, 0.25) is 0 Å². The summed E-state index contributed by atoms with van der Waals surface area (Å²) in [6.45, 7) is -0.0508. The van der Waals surface area contributed by atoms with E-state index in [-0.39, 0.29) is 17.3 Å². The molecule has 0 N–H and O–H groups in total. The van der Waals surface area contributed by atoms with Crippen molar-refractivity contribution in [1.82, 2.24) is 0 Å². The molecule has 2 aromatic carbocycles. The lowest BCUT2D eigenvalue weighted by molar-refractivity contribution is 0.341. The maximum absolute atomic E-state index is 13.0. The predicted molar refractivity (Wildman–Crippen MR) is 75.1 cm³/mol. The number of nitriles is 1. The standard InChI is InChI=1S/C15H12FNO3S/c16-13-2-1-3-15(10-13)21(18,19)9-8-20-14-6-4-12(11-17)5-7-14/h1-7,10H,8-9H2. The molecule has 0 unspecified atom stereocenters. The quantitative estimate of drug-likeness (QED) is 0.851. The highest BCUT2D eigenvalue weighted by molar-refractivity contribution is 7.91. The minimum atomic E-state index is -3.58. The number of hydrogen-bond acceptors (Lipinski definition) is 4. The molecule has 0 aromatic heterocycles. The fraction of sp³-hybridized carbons (Fsp3) is 0.133. The molecule has 0 saturated carbocycles. The molecule has 0 amide bonds. The van der Waals surface area contributed by atoms with Gasteiger partial charge in [0.15, 0.2) is 9.84 Å². The van der Waals surface area contributed by atoms with E-state index in [1.54, 1.807) is 24.3 Å². The summed E-state index contributed by atoms with van der Waals surface area (Å²) in [6, 6.07) is 13.2. The van der Waals surface area contributed by atoms with Gasteiger partial charge in [0.25, 0.3) is 0 Å². The SMILES string of the molecule is N#Cc1ccc(OCCS(=O)(=O)c2cccc(F)c2)cc1. The van der Waals surface area contributed by atoms with Gasteiger partial charge in [0, 0.05) is 0 Å². The Morgan fingerprint density at radius 1 is 1.14 bits per heavy atom. The summed E-state index contributed by atoms with van der Waals surface area (Å²) < 4.78 is 42.3. The van der Waals surface area contributed by atoms with Crippen LogP contribution in [0.4, 0.5) is 4.39 Å². The molecule has 0 fully saturated rings. The first kappa shape index (κ1) is 15.0. The average molecular weight is 305 g/mol. The average Bonchev–Trinajstić information content (AvgIpc) is 2.48. The van der Waals surface area contributed by atoms with E-state index in [4.69, 9.17) is 10.00 Å². The lowest BCUT2D eigenvalue weighted by Gasteiger charge is -2.07. The van der Waals surface area contributed by atoms with E-state index in [9.17, 15) is 12.8 Å². The van der Waals surface area contributed by atoms with Crippen molar-refractivity contribution >= 4 is 9.84 Å². The van der Waals surface area contributed by atoms with Crippen molar-refractivity contribution in [3.63, 3.8) is 0 Å². The van der Waals surface area contributed by atoms with Crippen molar-refractivity contribution < 1.29 is 17.5 Å². The second-order valence-corrected chi connectivity index (χ2v) is 6.37. The minimum Gasteiger partial charge on any atom is -0.493 e. The molecule has 6 heteroatoms. The zero-order valence-electron chi connectivity index (χ0n) is 11.0.